The van der Waals surface area contributed by atoms with E-state index in [0.717, 1.165) is 0 Å². The van der Waals surface area contributed by atoms with Crippen molar-refractivity contribution in [3.05, 3.63) is 60.4 Å². The Morgan fingerprint density at radius 3 is 2.62 bits per heavy atom. The fourth-order valence-electron chi connectivity index (χ4n) is 2.24. The molecule has 1 aromatic carbocycles. The molecular weight excluding hydrogens is 308 g/mol. The number of pyridine rings is 1. The highest BCUT2D eigenvalue weighted by Gasteiger charge is 2.14. The van der Waals surface area contributed by atoms with Gasteiger partial charge >= 0.3 is 12.0 Å². The lowest BCUT2D eigenvalue weighted by Crippen LogP contribution is -2.19. The molecule has 0 saturated heterocycles. The lowest BCUT2D eigenvalue weighted by Gasteiger charge is -2.08. The van der Waals surface area contributed by atoms with Crippen LogP contribution in [0, 0.1) is 0 Å². The number of nitrogens with zero attached hydrogens (tertiary/aromatic N) is 2. The van der Waals surface area contributed by atoms with Crippen molar-refractivity contribution in [2.45, 2.75) is 6.92 Å². The number of esters is 1. The summed E-state index contributed by atoms with van der Waals surface area (Å²) in [5.74, 6) is -0.446. The molecule has 2 amide bonds. The molecule has 0 aliphatic rings. The zero-order valence-corrected chi connectivity index (χ0v) is 13.0. The SMILES string of the molecule is CCOC(=O)c1cnn2ccc(NC(=O)Nc3ccccc3)cc12. The molecule has 7 nitrogen and oxygen atoms in total. The van der Waals surface area contributed by atoms with E-state index in [0.29, 0.717) is 22.5 Å². The average molecular weight is 324 g/mol. The molecular formula is C17H16N4O3. The largest absolute Gasteiger partial charge is 0.462 e. The number of benzene rings is 1. The minimum Gasteiger partial charge on any atom is -0.462 e. The third kappa shape index (κ3) is 3.35. The first-order valence-corrected chi connectivity index (χ1v) is 7.45. The standard InChI is InChI=1S/C17H16N4O3/c1-2-24-16(22)14-11-18-21-9-8-13(10-15(14)21)20-17(23)19-12-6-4-3-5-7-12/h3-11H,2H2,1H3,(H2,19,20,23). The summed E-state index contributed by atoms with van der Waals surface area (Å²) in [5.41, 5.74) is 2.14. The fraction of sp³-hybridized carbons (Fsp3) is 0.118. The highest BCUT2D eigenvalue weighted by atomic mass is 16.5. The topological polar surface area (TPSA) is 84.7 Å². The average Bonchev–Trinajstić information content (AvgIpc) is 2.99. The minimum absolute atomic E-state index is 0.285. The van der Waals surface area contributed by atoms with E-state index in [-0.39, 0.29) is 12.6 Å². The van der Waals surface area contributed by atoms with Crippen molar-refractivity contribution in [3.8, 4) is 0 Å². The Hall–Kier alpha value is -3.35. The molecule has 3 rings (SSSR count). The van der Waals surface area contributed by atoms with Crippen LogP contribution >= 0.6 is 0 Å². The summed E-state index contributed by atoms with van der Waals surface area (Å²) in [5, 5.41) is 9.55. The van der Waals surface area contributed by atoms with Crippen molar-refractivity contribution in [1.82, 2.24) is 9.61 Å². The molecule has 0 radical (unpaired) electrons. The van der Waals surface area contributed by atoms with Crippen molar-refractivity contribution in [2.75, 3.05) is 17.2 Å². The summed E-state index contributed by atoms with van der Waals surface area (Å²) in [6, 6.07) is 12.1. The minimum atomic E-state index is -0.446. The van der Waals surface area contributed by atoms with Crippen LogP contribution in [0.4, 0.5) is 16.2 Å². The van der Waals surface area contributed by atoms with Crippen LogP contribution in [0.25, 0.3) is 5.52 Å². The Bertz CT molecular complexity index is 874. The molecule has 2 aromatic heterocycles. The number of amides is 2. The Morgan fingerprint density at radius 1 is 1.12 bits per heavy atom. The van der Waals surface area contributed by atoms with Gasteiger partial charge in [0.15, 0.2) is 0 Å². The second kappa shape index (κ2) is 6.82. The highest BCUT2D eigenvalue weighted by molar-refractivity contribution is 6.01. The van der Waals surface area contributed by atoms with Crippen molar-refractivity contribution in [1.29, 1.82) is 0 Å². The maximum absolute atomic E-state index is 12.0. The van der Waals surface area contributed by atoms with E-state index in [2.05, 4.69) is 15.7 Å². The molecule has 0 atom stereocenters. The summed E-state index contributed by atoms with van der Waals surface area (Å²) in [6.45, 7) is 2.03. The van der Waals surface area contributed by atoms with Gasteiger partial charge in [-0.1, -0.05) is 18.2 Å². The van der Waals surface area contributed by atoms with Crippen LogP contribution in [0.5, 0.6) is 0 Å². The van der Waals surface area contributed by atoms with E-state index >= 15 is 0 Å². The number of carbonyl (C=O) groups excluding carboxylic acids is 2. The molecule has 7 heteroatoms. The Labute approximate surface area is 138 Å². The Morgan fingerprint density at radius 2 is 1.88 bits per heavy atom. The third-order valence-corrected chi connectivity index (χ3v) is 3.31. The molecule has 2 heterocycles. The number of rotatable bonds is 4. The summed E-state index contributed by atoms with van der Waals surface area (Å²) < 4.78 is 6.55. The predicted molar refractivity (Wildman–Crippen MR) is 90.2 cm³/mol. The van der Waals surface area contributed by atoms with Crippen LogP contribution in [0.15, 0.2) is 54.9 Å². The first-order valence-electron chi connectivity index (χ1n) is 7.45. The van der Waals surface area contributed by atoms with E-state index in [1.807, 2.05) is 18.2 Å². The molecule has 0 aliphatic heterocycles. The van der Waals surface area contributed by atoms with E-state index < -0.39 is 5.97 Å². The second-order valence-electron chi connectivity index (χ2n) is 4.97. The van der Waals surface area contributed by atoms with Crippen LogP contribution < -0.4 is 10.6 Å². The van der Waals surface area contributed by atoms with Gasteiger partial charge in [0, 0.05) is 17.6 Å². The van der Waals surface area contributed by atoms with Gasteiger partial charge in [-0.05, 0) is 31.2 Å². The zero-order valence-electron chi connectivity index (χ0n) is 13.0. The quantitative estimate of drug-likeness (QED) is 0.722. The van der Waals surface area contributed by atoms with Crippen molar-refractivity contribution in [2.24, 2.45) is 0 Å². The normalized spacial score (nSPS) is 10.4. The van der Waals surface area contributed by atoms with Gasteiger partial charge in [-0.25, -0.2) is 14.1 Å². The van der Waals surface area contributed by atoms with Gasteiger partial charge in [0.25, 0.3) is 0 Å². The molecule has 2 N–H and O–H groups in total. The number of ether oxygens (including phenoxy) is 1. The van der Waals surface area contributed by atoms with Crippen LogP contribution in [0.3, 0.4) is 0 Å². The molecule has 0 bridgehead atoms. The van der Waals surface area contributed by atoms with Crippen LogP contribution in [0.1, 0.15) is 17.3 Å². The third-order valence-electron chi connectivity index (χ3n) is 3.31. The summed E-state index contributed by atoms with van der Waals surface area (Å²) in [6.07, 6.45) is 3.11. The second-order valence-corrected chi connectivity index (χ2v) is 4.97. The van der Waals surface area contributed by atoms with Crippen molar-refractivity contribution >= 4 is 28.9 Å². The summed E-state index contributed by atoms with van der Waals surface area (Å²) >= 11 is 0. The zero-order chi connectivity index (χ0) is 16.9. The van der Waals surface area contributed by atoms with E-state index in [1.165, 1.54) is 6.20 Å². The number of hydrogen-bond acceptors (Lipinski definition) is 4. The number of nitrogens with one attached hydrogen (secondary N) is 2. The molecule has 0 saturated carbocycles. The monoisotopic (exact) mass is 324 g/mol. The molecule has 0 fully saturated rings. The van der Waals surface area contributed by atoms with E-state index in [9.17, 15) is 9.59 Å². The van der Waals surface area contributed by atoms with Crippen LogP contribution in [-0.4, -0.2) is 28.2 Å². The van der Waals surface area contributed by atoms with Gasteiger partial charge in [0.2, 0.25) is 0 Å². The van der Waals surface area contributed by atoms with Gasteiger partial charge in [-0.15, -0.1) is 0 Å². The fourth-order valence-corrected chi connectivity index (χ4v) is 2.24. The first kappa shape index (κ1) is 15.5. The smallest absolute Gasteiger partial charge is 0.341 e. The first-order chi connectivity index (χ1) is 11.7. The summed E-state index contributed by atoms with van der Waals surface area (Å²) in [4.78, 5) is 24.0. The molecule has 0 aliphatic carbocycles. The van der Waals surface area contributed by atoms with E-state index in [4.69, 9.17) is 4.74 Å². The number of fused-ring (bicyclic) bond motifs is 1. The van der Waals surface area contributed by atoms with Gasteiger partial charge in [0.05, 0.1) is 18.3 Å². The number of anilines is 2. The number of para-hydroxylation sites is 1. The molecule has 24 heavy (non-hydrogen) atoms. The van der Waals surface area contributed by atoms with Crippen molar-refractivity contribution in [3.63, 3.8) is 0 Å². The van der Waals surface area contributed by atoms with Crippen LogP contribution in [-0.2, 0) is 4.74 Å². The maximum atomic E-state index is 12.0. The molecule has 0 unspecified atom stereocenters. The number of aromatic nitrogens is 2. The van der Waals surface area contributed by atoms with Gasteiger partial charge in [0.1, 0.15) is 5.56 Å². The van der Waals surface area contributed by atoms with Crippen LogP contribution in [0.2, 0.25) is 0 Å². The molecule has 122 valence electrons. The molecule has 0 spiro atoms. The lowest BCUT2D eigenvalue weighted by atomic mass is 10.2. The van der Waals surface area contributed by atoms with Gasteiger partial charge in [-0.2, -0.15) is 5.10 Å². The Kier molecular flexibility index (Phi) is 4.42. The molecule has 3 aromatic rings. The van der Waals surface area contributed by atoms with Gasteiger partial charge in [-0.3, -0.25) is 0 Å². The van der Waals surface area contributed by atoms with E-state index in [1.54, 1.807) is 41.9 Å². The Balaban J connectivity index is 1.78. The highest BCUT2D eigenvalue weighted by Crippen LogP contribution is 2.17. The summed E-state index contributed by atoms with van der Waals surface area (Å²) in [7, 11) is 0. The lowest BCUT2D eigenvalue weighted by molar-refractivity contribution is 0.0528. The maximum Gasteiger partial charge on any atom is 0.341 e. The predicted octanol–water partition coefficient (Wildman–Crippen LogP) is 3.16. The van der Waals surface area contributed by atoms with Crippen molar-refractivity contribution < 1.29 is 14.3 Å². The van der Waals surface area contributed by atoms with Gasteiger partial charge < -0.3 is 15.4 Å². The number of hydrogen-bond donors (Lipinski definition) is 2. The number of carbonyl (C=O) groups is 2. The number of urea groups is 1.